The number of aromatic nitrogens is 1. The van der Waals surface area contributed by atoms with Crippen molar-refractivity contribution >= 4 is 22.3 Å². The third kappa shape index (κ3) is 2.52. The highest BCUT2D eigenvalue weighted by molar-refractivity contribution is 6.00. The molecule has 1 aromatic heterocycles. The lowest BCUT2D eigenvalue weighted by molar-refractivity contribution is 0.724. The highest BCUT2D eigenvalue weighted by Gasteiger charge is 2.18. The number of anilines is 2. The van der Waals surface area contributed by atoms with Crippen LogP contribution in [0.3, 0.4) is 0 Å². The first-order valence-electron chi connectivity index (χ1n) is 8.52. The Morgan fingerprint density at radius 2 is 1.68 bits per heavy atom. The summed E-state index contributed by atoms with van der Waals surface area (Å²) in [6, 6.07) is 8.87. The molecule has 2 aromatic rings. The normalized spacial score (nSPS) is 19.6. The van der Waals surface area contributed by atoms with Gasteiger partial charge in [-0.05, 0) is 37.9 Å². The van der Waals surface area contributed by atoms with Crippen LogP contribution in [0.25, 0.3) is 10.8 Å². The van der Waals surface area contributed by atoms with Gasteiger partial charge in [-0.1, -0.05) is 12.1 Å². The van der Waals surface area contributed by atoms with E-state index < -0.39 is 0 Å². The smallest absolute Gasteiger partial charge is 0.136 e. The highest BCUT2D eigenvalue weighted by Crippen LogP contribution is 2.33. The van der Waals surface area contributed by atoms with Crippen LogP contribution in [0.15, 0.2) is 30.5 Å². The number of nitrogens with zero attached hydrogens (tertiary/aromatic N) is 3. The van der Waals surface area contributed by atoms with E-state index in [9.17, 15) is 0 Å². The molecule has 0 radical (unpaired) electrons. The largest absolute Gasteiger partial charge is 0.371 e. The van der Waals surface area contributed by atoms with Gasteiger partial charge < -0.3 is 15.1 Å². The van der Waals surface area contributed by atoms with Crippen LogP contribution in [0, 0.1) is 0 Å². The maximum absolute atomic E-state index is 4.72. The molecule has 2 aliphatic rings. The van der Waals surface area contributed by atoms with Crippen LogP contribution in [0.5, 0.6) is 0 Å². The molecule has 0 amide bonds. The predicted molar refractivity (Wildman–Crippen MR) is 92.9 cm³/mol. The molecule has 0 spiro atoms. The standard InChI is InChI=1S/C18H24N4/c1-2-12-21(11-1)17-6-3-5-16-15(17)7-9-20-18(16)22-13-4-8-19-10-14-22/h3,5-7,9,19H,1-2,4,8,10-14H2. The van der Waals surface area contributed by atoms with Crippen molar-refractivity contribution in [2.24, 2.45) is 0 Å². The summed E-state index contributed by atoms with van der Waals surface area (Å²) in [6.45, 7) is 6.66. The molecule has 4 nitrogen and oxygen atoms in total. The van der Waals surface area contributed by atoms with Crippen molar-refractivity contribution in [3.8, 4) is 0 Å². The van der Waals surface area contributed by atoms with E-state index in [4.69, 9.17) is 4.98 Å². The Bertz CT molecular complexity index is 641. The number of nitrogens with one attached hydrogen (secondary N) is 1. The zero-order valence-corrected chi connectivity index (χ0v) is 13.1. The fourth-order valence-corrected chi connectivity index (χ4v) is 3.72. The lowest BCUT2D eigenvalue weighted by Crippen LogP contribution is -2.28. The Kier molecular flexibility index (Phi) is 3.85. The third-order valence-electron chi connectivity index (χ3n) is 4.85. The van der Waals surface area contributed by atoms with Crippen molar-refractivity contribution in [3.05, 3.63) is 30.5 Å². The lowest BCUT2D eigenvalue weighted by Gasteiger charge is -2.25. The van der Waals surface area contributed by atoms with Crippen LogP contribution >= 0.6 is 0 Å². The Morgan fingerprint density at radius 1 is 0.818 bits per heavy atom. The summed E-state index contributed by atoms with van der Waals surface area (Å²) in [4.78, 5) is 9.68. The topological polar surface area (TPSA) is 31.4 Å². The molecule has 2 aliphatic heterocycles. The van der Waals surface area contributed by atoms with Crippen LogP contribution < -0.4 is 15.1 Å². The average Bonchev–Trinajstić information content (AvgIpc) is 2.96. The van der Waals surface area contributed by atoms with Crippen molar-refractivity contribution < 1.29 is 0 Å². The van der Waals surface area contributed by atoms with Crippen molar-refractivity contribution in [3.63, 3.8) is 0 Å². The average molecular weight is 296 g/mol. The molecule has 4 heteroatoms. The molecule has 4 rings (SSSR count). The van der Waals surface area contributed by atoms with Crippen LogP contribution in [0.2, 0.25) is 0 Å². The summed E-state index contributed by atoms with van der Waals surface area (Å²) in [5.41, 5.74) is 1.38. The van der Waals surface area contributed by atoms with E-state index in [1.807, 2.05) is 6.20 Å². The fourth-order valence-electron chi connectivity index (χ4n) is 3.72. The first-order chi connectivity index (χ1) is 10.9. The zero-order valence-electron chi connectivity index (χ0n) is 13.1. The number of benzene rings is 1. The minimum atomic E-state index is 1.04. The molecule has 2 fully saturated rings. The Labute approximate surface area is 132 Å². The Morgan fingerprint density at radius 3 is 2.59 bits per heavy atom. The summed E-state index contributed by atoms with van der Waals surface area (Å²) in [5.74, 6) is 1.15. The third-order valence-corrected chi connectivity index (χ3v) is 4.85. The van der Waals surface area contributed by atoms with Gasteiger partial charge in [0.1, 0.15) is 5.82 Å². The molecule has 0 aliphatic carbocycles. The van der Waals surface area contributed by atoms with Gasteiger partial charge in [-0.15, -0.1) is 0 Å². The summed E-state index contributed by atoms with van der Waals surface area (Å²) in [6.07, 6.45) is 5.79. The van der Waals surface area contributed by atoms with Gasteiger partial charge in [0.05, 0.1) is 0 Å². The quantitative estimate of drug-likeness (QED) is 0.923. The van der Waals surface area contributed by atoms with Crippen LogP contribution in [0.1, 0.15) is 19.3 Å². The van der Waals surface area contributed by atoms with Crippen molar-refractivity contribution in [2.45, 2.75) is 19.3 Å². The van der Waals surface area contributed by atoms with Gasteiger partial charge in [0.2, 0.25) is 0 Å². The molecule has 0 atom stereocenters. The molecule has 0 bridgehead atoms. The number of pyridine rings is 1. The molecule has 2 saturated heterocycles. The van der Waals surface area contributed by atoms with E-state index >= 15 is 0 Å². The Hall–Kier alpha value is -1.81. The van der Waals surface area contributed by atoms with E-state index in [-0.39, 0.29) is 0 Å². The van der Waals surface area contributed by atoms with Crippen LogP contribution in [0.4, 0.5) is 11.5 Å². The summed E-state index contributed by atoms with van der Waals surface area (Å²) in [5, 5.41) is 6.13. The maximum Gasteiger partial charge on any atom is 0.136 e. The summed E-state index contributed by atoms with van der Waals surface area (Å²) in [7, 11) is 0. The van der Waals surface area contributed by atoms with Crippen LogP contribution in [-0.4, -0.2) is 44.3 Å². The van der Waals surface area contributed by atoms with Gasteiger partial charge in [-0.2, -0.15) is 0 Å². The number of rotatable bonds is 2. The minimum absolute atomic E-state index is 1.04. The first-order valence-corrected chi connectivity index (χ1v) is 8.52. The SMILES string of the molecule is c1cc(N2CCCC2)c2ccnc(N3CCCNCC3)c2c1. The molecule has 1 N–H and O–H groups in total. The molecule has 3 heterocycles. The van der Waals surface area contributed by atoms with E-state index in [1.165, 1.54) is 48.8 Å². The second kappa shape index (κ2) is 6.13. The summed E-state index contributed by atoms with van der Waals surface area (Å²) < 4.78 is 0. The second-order valence-electron chi connectivity index (χ2n) is 6.29. The summed E-state index contributed by atoms with van der Waals surface area (Å²) >= 11 is 0. The molecule has 22 heavy (non-hydrogen) atoms. The monoisotopic (exact) mass is 296 g/mol. The van der Waals surface area contributed by atoms with E-state index in [0.29, 0.717) is 0 Å². The maximum atomic E-state index is 4.72. The second-order valence-corrected chi connectivity index (χ2v) is 6.29. The molecule has 1 aromatic carbocycles. The van der Waals surface area contributed by atoms with Crippen molar-refractivity contribution in [1.82, 2.24) is 10.3 Å². The van der Waals surface area contributed by atoms with Gasteiger partial charge in [0.15, 0.2) is 0 Å². The first kappa shape index (κ1) is 13.8. The van der Waals surface area contributed by atoms with E-state index in [1.54, 1.807) is 0 Å². The van der Waals surface area contributed by atoms with Gasteiger partial charge in [-0.3, -0.25) is 0 Å². The molecular formula is C18H24N4. The zero-order chi connectivity index (χ0) is 14.8. The molecule has 0 unspecified atom stereocenters. The lowest BCUT2D eigenvalue weighted by atomic mass is 10.1. The van der Waals surface area contributed by atoms with Gasteiger partial charge in [0.25, 0.3) is 0 Å². The van der Waals surface area contributed by atoms with Crippen molar-refractivity contribution in [1.29, 1.82) is 0 Å². The minimum Gasteiger partial charge on any atom is -0.371 e. The number of hydrogen-bond acceptors (Lipinski definition) is 4. The molecule has 116 valence electrons. The van der Waals surface area contributed by atoms with Crippen LogP contribution in [-0.2, 0) is 0 Å². The van der Waals surface area contributed by atoms with Gasteiger partial charge in [0, 0.05) is 55.4 Å². The van der Waals surface area contributed by atoms with Gasteiger partial charge >= 0.3 is 0 Å². The van der Waals surface area contributed by atoms with E-state index in [2.05, 4.69) is 39.4 Å². The number of fused-ring (bicyclic) bond motifs is 1. The molecule has 0 saturated carbocycles. The predicted octanol–water partition coefficient (Wildman–Crippen LogP) is 2.63. The molecular weight excluding hydrogens is 272 g/mol. The van der Waals surface area contributed by atoms with Gasteiger partial charge in [-0.25, -0.2) is 4.98 Å². The number of hydrogen-bond donors (Lipinski definition) is 1. The Balaban J connectivity index is 1.77. The highest BCUT2D eigenvalue weighted by atomic mass is 15.2. The fraction of sp³-hybridized carbons (Fsp3) is 0.500. The van der Waals surface area contributed by atoms with Crippen molar-refractivity contribution in [2.75, 3.05) is 49.1 Å². The van der Waals surface area contributed by atoms with E-state index in [0.717, 1.165) is 32.0 Å².